The summed E-state index contributed by atoms with van der Waals surface area (Å²) < 4.78 is 11.3. The van der Waals surface area contributed by atoms with Crippen molar-refractivity contribution in [2.45, 2.75) is 38.6 Å². The summed E-state index contributed by atoms with van der Waals surface area (Å²) in [6.45, 7) is 5.97. The zero-order chi connectivity index (χ0) is 13.3. The largest absolute Gasteiger partial charge is 0.481 e. The van der Waals surface area contributed by atoms with E-state index in [2.05, 4.69) is 0 Å². The maximum atomic E-state index is 10.9. The minimum absolute atomic E-state index is 0.0748. The normalized spacial score (nSPS) is 23.8. The van der Waals surface area contributed by atoms with E-state index in [1.807, 2.05) is 38.1 Å². The molecule has 0 saturated carbocycles. The number of hydrogen-bond acceptors (Lipinski definition) is 3. The van der Waals surface area contributed by atoms with E-state index < -0.39 is 17.7 Å². The Morgan fingerprint density at radius 2 is 2.00 bits per heavy atom. The van der Waals surface area contributed by atoms with Crippen LogP contribution in [0.5, 0.6) is 0 Å². The Morgan fingerprint density at radius 3 is 2.44 bits per heavy atom. The number of ether oxygens (including phenoxy) is 2. The molecule has 0 spiro atoms. The van der Waals surface area contributed by atoms with Gasteiger partial charge in [-0.1, -0.05) is 24.3 Å². The topological polar surface area (TPSA) is 55.8 Å². The summed E-state index contributed by atoms with van der Waals surface area (Å²) in [4.78, 5) is 10.9. The van der Waals surface area contributed by atoms with Gasteiger partial charge in [-0.05, 0) is 31.9 Å². The van der Waals surface area contributed by atoms with Crippen molar-refractivity contribution in [3.63, 3.8) is 0 Å². The Morgan fingerprint density at radius 1 is 1.39 bits per heavy atom. The van der Waals surface area contributed by atoms with Crippen LogP contribution in [0, 0.1) is 0 Å². The number of aliphatic carboxylic acids is 1. The molecule has 0 aliphatic carbocycles. The van der Waals surface area contributed by atoms with Crippen LogP contribution in [0.25, 0.3) is 0 Å². The number of rotatable bonds is 3. The third-order valence-electron chi connectivity index (χ3n) is 3.19. The second kappa shape index (κ2) is 4.71. The molecule has 1 fully saturated rings. The standard InChI is InChI=1S/C14H18O4/c1-9(13(15)16)10-4-6-11(7-5-10)12-8-17-14(2,3)18-12/h4-7,9,12H,8H2,1-3H3,(H,15,16). The Kier molecular flexibility index (Phi) is 3.41. The molecule has 2 unspecified atom stereocenters. The van der Waals surface area contributed by atoms with Crippen LogP contribution in [0.4, 0.5) is 0 Å². The molecule has 1 aromatic carbocycles. The molecule has 0 aromatic heterocycles. The van der Waals surface area contributed by atoms with Crippen LogP contribution < -0.4 is 0 Å². The second-order valence-electron chi connectivity index (χ2n) is 5.04. The van der Waals surface area contributed by atoms with Crippen LogP contribution in [0.15, 0.2) is 24.3 Å². The Hall–Kier alpha value is -1.39. The van der Waals surface area contributed by atoms with Crippen molar-refractivity contribution in [3.8, 4) is 0 Å². The fourth-order valence-corrected chi connectivity index (χ4v) is 1.99. The number of carboxylic acids is 1. The van der Waals surface area contributed by atoms with E-state index in [0.29, 0.717) is 6.61 Å². The van der Waals surface area contributed by atoms with E-state index in [1.54, 1.807) is 6.92 Å². The first-order valence-corrected chi connectivity index (χ1v) is 6.03. The van der Waals surface area contributed by atoms with Gasteiger partial charge in [-0.15, -0.1) is 0 Å². The second-order valence-corrected chi connectivity index (χ2v) is 5.04. The lowest BCUT2D eigenvalue weighted by Gasteiger charge is -2.17. The molecule has 1 aliphatic rings. The van der Waals surface area contributed by atoms with Crippen LogP contribution in [0.2, 0.25) is 0 Å². The molecule has 0 bridgehead atoms. The molecule has 18 heavy (non-hydrogen) atoms. The van der Waals surface area contributed by atoms with Gasteiger partial charge in [0.1, 0.15) is 6.10 Å². The average Bonchev–Trinajstić information content (AvgIpc) is 2.69. The van der Waals surface area contributed by atoms with E-state index in [4.69, 9.17) is 14.6 Å². The third kappa shape index (κ3) is 2.71. The molecule has 1 heterocycles. The van der Waals surface area contributed by atoms with Crippen molar-refractivity contribution < 1.29 is 19.4 Å². The molecular weight excluding hydrogens is 232 g/mol. The lowest BCUT2D eigenvalue weighted by molar-refractivity contribution is -0.139. The van der Waals surface area contributed by atoms with Crippen LogP contribution in [0.1, 0.15) is 43.9 Å². The van der Waals surface area contributed by atoms with E-state index >= 15 is 0 Å². The van der Waals surface area contributed by atoms with Gasteiger partial charge in [-0.25, -0.2) is 0 Å². The van der Waals surface area contributed by atoms with Crippen LogP contribution in [-0.4, -0.2) is 23.5 Å². The number of carboxylic acid groups (broad SMARTS) is 1. The smallest absolute Gasteiger partial charge is 0.310 e. The Balaban J connectivity index is 2.11. The molecule has 98 valence electrons. The first-order chi connectivity index (χ1) is 8.39. The summed E-state index contributed by atoms with van der Waals surface area (Å²) in [5, 5.41) is 8.94. The van der Waals surface area contributed by atoms with E-state index in [9.17, 15) is 4.79 Å². The van der Waals surface area contributed by atoms with Crippen molar-refractivity contribution >= 4 is 5.97 Å². The van der Waals surface area contributed by atoms with E-state index in [0.717, 1.165) is 11.1 Å². The van der Waals surface area contributed by atoms with Gasteiger partial charge in [-0.2, -0.15) is 0 Å². The van der Waals surface area contributed by atoms with Crippen molar-refractivity contribution in [1.82, 2.24) is 0 Å². The maximum absolute atomic E-state index is 10.9. The summed E-state index contributed by atoms with van der Waals surface area (Å²) in [6.07, 6.45) is -0.0748. The maximum Gasteiger partial charge on any atom is 0.310 e. The molecule has 0 amide bonds. The van der Waals surface area contributed by atoms with Gasteiger partial charge >= 0.3 is 5.97 Å². The highest BCUT2D eigenvalue weighted by Crippen LogP contribution is 2.33. The van der Waals surface area contributed by atoms with Gasteiger partial charge in [0, 0.05) is 0 Å². The van der Waals surface area contributed by atoms with Gasteiger partial charge in [0.05, 0.1) is 12.5 Å². The molecule has 0 radical (unpaired) electrons. The number of carbonyl (C=O) groups is 1. The summed E-state index contributed by atoms with van der Waals surface area (Å²) in [6, 6.07) is 7.49. The fraction of sp³-hybridized carbons (Fsp3) is 0.500. The van der Waals surface area contributed by atoms with Crippen LogP contribution in [0.3, 0.4) is 0 Å². The van der Waals surface area contributed by atoms with Gasteiger partial charge in [0.2, 0.25) is 0 Å². The highest BCUT2D eigenvalue weighted by Gasteiger charge is 2.33. The zero-order valence-corrected chi connectivity index (χ0v) is 10.8. The highest BCUT2D eigenvalue weighted by molar-refractivity contribution is 5.75. The quantitative estimate of drug-likeness (QED) is 0.896. The van der Waals surface area contributed by atoms with Gasteiger partial charge in [-0.3, -0.25) is 4.79 Å². The summed E-state index contributed by atoms with van der Waals surface area (Å²) in [5.41, 5.74) is 1.81. The molecule has 4 heteroatoms. The Labute approximate surface area is 107 Å². The fourth-order valence-electron chi connectivity index (χ4n) is 1.99. The van der Waals surface area contributed by atoms with Crippen LogP contribution in [-0.2, 0) is 14.3 Å². The number of hydrogen-bond donors (Lipinski definition) is 1. The Bertz CT molecular complexity index is 436. The van der Waals surface area contributed by atoms with Crippen molar-refractivity contribution in [1.29, 1.82) is 0 Å². The summed E-state index contributed by atoms with van der Waals surface area (Å²) in [7, 11) is 0. The molecule has 2 rings (SSSR count). The minimum Gasteiger partial charge on any atom is -0.481 e. The minimum atomic E-state index is -0.815. The zero-order valence-electron chi connectivity index (χ0n) is 10.8. The average molecular weight is 250 g/mol. The SMILES string of the molecule is CC(C(=O)O)c1ccc(C2COC(C)(C)O2)cc1. The predicted octanol–water partition coefficient (Wildman–Crippen LogP) is 2.70. The lowest BCUT2D eigenvalue weighted by Crippen LogP contribution is -2.19. The summed E-state index contributed by atoms with van der Waals surface area (Å²) in [5.74, 6) is -1.85. The van der Waals surface area contributed by atoms with Gasteiger partial charge in [0.15, 0.2) is 5.79 Å². The molecule has 4 nitrogen and oxygen atoms in total. The van der Waals surface area contributed by atoms with E-state index in [1.165, 1.54) is 0 Å². The van der Waals surface area contributed by atoms with E-state index in [-0.39, 0.29) is 6.10 Å². The molecular formula is C14H18O4. The molecule has 1 aliphatic heterocycles. The molecule has 2 atom stereocenters. The highest BCUT2D eigenvalue weighted by atomic mass is 16.7. The van der Waals surface area contributed by atoms with Crippen LogP contribution >= 0.6 is 0 Å². The monoisotopic (exact) mass is 250 g/mol. The van der Waals surface area contributed by atoms with Crippen molar-refractivity contribution in [2.24, 2.45) is 0 Å². The molecule has 1 saturated heterocycles. The first kappa shape index (κ1) is 13.1. The third-order valence-corrected chi connectivity index (χ3v) is 3.19. The van der Waals surface area contributed by atoms with Gasteiger partial charge in [0.25, 0.3) is 0 Å². The number of benzene rings is 1. The van der Waals surface area contributed by atoms with Crippen molar-refractivity contribution in [2.75, 3.05) is 6.61 Å². The lowest BCUT2D eigenvalue weighted by atomic mass is 9.99. The van der Waals surface area contributed by atoms with Crippen molar-refractivity contribution in [3.05, 3.63) is 35.4 Å². The molecule has 1 aromatic rings. The first-order valence-electron chi connectivity index (χ1n) is 6.03. The van der Waals surface area contributed by atoms with Gasteiger partial charge < -0.3 is 14.6 Å². The predicted molar refractivity (Wildman–Crippen MR) is 66.3 cm³/mol. The molecule has 1 N–H and O–H groups in total. The summed E-state index contributed by atoms with van der Waals surface area (Å²) >= 11 is 0.